The number of ether oxygens (including phenoxy) is 1. The van der Waals surface area contributed by atoms with Crippen molar-refractivity contribution in [3.63, 3.8) is 0 Å². The lowest BCUT2D eigenvalue weighted by atomic mass is 9.60. The number of fused-ring (bicyclic) bond motifs is 1. The number of hydrogen-bond acceptors (Lipinski definition) is 6. The van der Waals surface area contributed by atoms with E-state index in [1.807, 2.05) is 16.8 Å². The van der Waals surface area contributed by atoms with Crippen molar-refractivity contribution in [2.24, 2.45) is 10.6 Å². The number of hydrogen-bond donors (Lipinski definition) is 1. The van der Waals surface area contributed by atoms with Crippen LogP contribution in [0.25, 0.3) is 5.52 Å². The molecule has 2 aromatic rings. The SMILES string of the molecule is COc1cc(C)cc2c(N3CC4(CC(N(C)SN)C4)C3)cnn12. The van der Waals surface area contributed by atoms with Crippen LogP contribution in [0, 0.1) is 12.3 Å². The molecule has 2 fully saturated rings. The maximum absolute atomic E-state index is 5.65. The molecule has 0 amide bonds. The molecule has 2 aromatic heterocycles. The van der Waals surface area contributed by atoms with Crippen LogP contribution >= 0.6 is 12.1 Å². The number of nitrogens with zero attached hydrogens (tertiary/aromatic N) is 4. The molecule has 0 bridgehead atoms. The molecule has 1 spiro atoms. The quantitative estimate of drug-likeness (QED) is 0.865. The third-order valence-electron chi connectivity index (χ3n) is 5.33. The number of anilines is 1. The van der Waals surface area contributed by atoms with Crippen LogP contribution in [0.4, 0.5) is 5.69 Å². The fourth-order valence-corrected chi connectivity index (χ4v) is 4.36. The lowest BCUT2D eigenvalue weighted by molar-refractivity contribution is 0.0245. The molecule has 4 rings (SSSR count). The summed E-state index contributed by atoms with van der Waals surface area (Å²) < 4.78 is 9.50. The standard InChI is InChI=1S/C16H23N5OS/c1-11-4-13-14(8-18-21(13)15(5-11)22-3)20-9-16(10-20)6-12(7-16)19(2)23-17/h4-5,8,12H,6-7,9-10,17H2,1-3H3. The van der Waals surface area contributed by atoms with Crippen molar-refractivity contribution in [2.75, 3.05) is 32.1 Å². The molecule has 1 aliphatic heterocycles. The van der Waals surface area contributed by atoms with E-state index in [1.165, 1.54) is 36.2 Å². The molecule has 1 saturated heterocycles. The first-order valence-corrected chi connectivity index (χ1v) is 8.76. The van der Waals surface area contributed by atoms with Gasteiger partial charge in [0.05, 0.1) is 24.5 Å². The van der Waals surface area contributed by atoms with E-state index in [0.29, 0.717) is 11.5 Å². The minimum Gasteiger partial charge on any atom is -0.481 e. The number of pyridine rings is 1. The normalized spacial score (nSPS) is 20.1. The summed E-state index contributed by atoms with van der Waals surface area (Å²) >= 11 is 1.34. The summed E-state index contributed by atoms with van der Waals surface area (Å²) in [7, 11) is 3.77. The van der Waals surface area contributed by atoms with Gasteiger partial charge in [-0.25, -0.2) is 4.31 Å². The van der Waals surface area contributed by atoms with Gasteiger partial charge in [-0.2, -0.15) is 9.61 Å². The summed E-state index contributed by atoms with van der Waals surface area (Å²) in [5.41, 5.74) is 4.01. The first-order chi connectivity index (χ1) is 11.0. The summed E-state index contributed by atoms with van der Waals surface area (Å²) in [5.74, 6) is 0.784. The fraction of sp³-hybridized carbons (Fsp3) is 0.562. The zero-order valence-electron chi connectivity index (χ0n) is 13.8. The predicted molar refractivity (Wildman–Crippen MR) is 93.7 cm³/mol. The molecular weight excluding hydrogens is 310 g/mol. The Morgan fingerprint density at radius 3 is 2.78 bits per heavy atom. The number of aromatic nitrogens is 2. The molecule has 0 atom stereocenters. The zero-order valence-corrected chi connectivity index (χ0v) is 14.6. The Kier molecular flexibility index (Phi) is 3.48. The number of aryl methyl sites for hydroxylation is 1. The largest absolute Gasteiger partial charge is 0.481 e. The van der Waals surface area contributed by atoms with Crippen molar-refractivity contribution in [1.82, 2.24) is 13.9 Å². The maximum atomic E-state index is 5.65. The number of rotatable bonds is 4. The highest BCUT2D eigenvalue weighted by Crippen LogP contribution is 2.52. The Morgan fingerprint density at radius 1 is 1.39 bits per heavy atom. The van der Waals surface area contributed by atoms with E-state index in [2.05, 4.69) is 34.3 Å². The van der Waals surface area contributed by atoms with Crippen LogP contribution in [0.2, 0.25) is 0 Å². The van der Waals surface area contributed by atoms with Gasteiger partial charge in [-0.05, 0) is 38.4 Å². The van der Waals surface area contributed by atoms with E-state index < -0.39 is 0 Å². The summed E-state index contributed by atoms with van der Waals surface area (Å²) in [6.45, 7) is 4.32. The zero-order chi connectivity index (χ0) is 16.2. The van der Waals surface area contributed by atoms with Gasteiger partial charge >= 0.3 is 0 Å². The maximum Gasteiger partial charge on any atom is 0.214 e. The highest BCUT2D eigenvalue weighted by molar-refractivity contribution is 7.94. The topological polar surface area (TPSA) is 59.0 Å². The van der Waals surface area contributed by atoms with Gasteiger partial charge < -0.3 is 9.64 Å². The van der Waals surface area contributed by atoms with Crippen LogP contribution in [0.5, 0.6) is 5.88 Å². The summed E-state index contributed by atoms with van der Waals surface area (Å²) in [6, 6.07) is 4.81. The van der Waals surface area contributed by atoms with E-state index in [9.17, 15) is 0 Å². The van der Waals surface area contributed by atoms with Crippen LogP contribution in [-0.4, -0.2) is 47.2 Å². The molecule has 0 radical (unpaired) electrons. The van der Waals surface area contributed by atoms with Crippen molar-refractivity contribution in [3.8, 4) is 5.88 Å². The Morgan fingerprint density at radius 2 is 2.13 bits per heavy atom. The minimum atomic E-state index is 0.483. The van der Waals surface area contributed by atoms with Crippen molar-refractivity contribution in [2.45, 2.75) is 25.8 Å². The van der Waals surface area contributed by atoms with Gasteiger partial charge in [-0.15, -0.1) is 0 Å². The first kappa shape index (κ1) is 15.1. The highest BCUT2D eigenvalue weighted by atomic mass is 32.2. The Bertz CT molecular complexity index is 731. The van der Waals surface area contributed by atoms with E-state index in [1.54, 1.807) is 7.11 Å². The lowest BCUT2D eigenvalue weighted by Gasteiger charge is -2.60. The molecular formula is C16H23N5OS. The predicted octanol–water partition coefficient (Wildman–Crippen LogP) is 2.07. The summed E-state index contributed by atoms with van der Waals surface area (Å²) in [5, 5.41) is 10.2. The van der Waals surface area contributed by atoms with E-state index >= 15 is 0 Å². The molecule has 2 aliphatic rings. The molecule has 1 aliphatic carbocycles. The van der Waals surface area contributed by atoms with E-state index in [-0.39, 0.29) is 0 Å². The third-order valence-corrected chi connectivity index (χ3v) is 5.96. The second kappa shape index (κ2) is 5.29. The van der Waals surface area contributed by atoms with Crippen LogP contribution in [0.1, 0.15) is 18.4 Å². The van der Waals surface area contributed by atoms with Crippen LogP contribution < -0.4 is 14.8 Å². The first-order valence-electron chi connectivity index (χ1n) is 7.92. The van der Waals surface area contributed by atoms with Gasteiger partial charge in [-0.1, -0.05) is 0 Å². The van der Waals surface area contributed by atoms with Crippen LogP contribution in [0.15, 0.2) is 18.3 Å². The Labute approximate surface area is 140 Å². The molecule has 7 heteroatoms. The van der Waals surface area contributed by atoms with Crippen molar-refractivity contribution in [3.05, 3.63) is 23.9 Å². The molecule has 1 saturated carbocycles. The van der Waals surface area contributed by atoms with Crippen LogP contribution in [-0.2, 0) is 0 Å². The molecule has 0 aromatic carbocycles. The Balaban J connectivity index is 1.51. The van der Waals surface area contributed by atoms with Gasteiger partial charge in [0.15, 0.2) is 0 Å². The number of nitrogens with two attached hydrogens (primary N) is 1. The van der Waals surface area contributed by atoms with Gasteiger partial charge in [0.1, 0.15) is 0 Å². The molecule has 124 valence electrons. The van der Waals surface area contributed by atoms with Crippen LogP contribution in [0.3, 0.4) is 0 Å². The molecule has 3 heterocycles. The fourth-order valence-electron chi connectivity index (χ4n) is 4.04. The monoisotopic (exact) mass is 333 g/mol. The Hall–Kier alpha value is -1.44. The van der Waals surface area contributed by atoms with Gasteiger partial charge in [-0.3, -0.25) is 5.14 Å². The van der Waals surface area contributed by atoms with Crippen molar-refractivity contribution < 1.29 is 4.74 Å². The number of methoxy groups -OCH3 is 1. The van der Waals surface area contributed by atoms with Gasteiger partial charge in [0.25, 0.3) is 0 Å². The second-order valence-corrected chi connectivity index (χ2v) is 7.76. The van der Waals surface area contributed by atoms with E-state index in [4.69, 9.17) is 9.88 Å². The van der Waals surface area contributed by atoms with Crippen molar-refractivity contribution >= 4 is 23.3 Å². The molecule has 0 unspecified atom stereocenters. The van der Waals surface area contributed by atoms with E-state index in [0.717, 1.165) is 24.5 Å². The summed E-state index contributed by atoms with van der Waals surface area (Å²) in [6.07, 6.45) is 4.44. The minimum absolute atomic E-state index is 0.483. The average molecular weight is 333 g/mol. The van der Waals surface area contributed by atoms with Gasteiger partial charge in [0.2, 0.25) is 5.88 Å². The average Bonchev–Trinajstić information content (AvgIpc) is 2.86. The van der Waals surface area contributed by atoms with Crippen molar-refractivity contribution in [1.29, 1.82) is 0 Å². The smallest absolute Gasteiger partial charge is 0.214 e. The molecule has 6 nitrogen and oxygen atoms in total. The molecule has 23 heavy (non-hydrogen) atoms. The highest BCUT2D eigenvalue weighted by Gasteiger charge is 2.53. The van der Waals surface area contributed by atoms with Gasteiger partial charge in [0, 0.05) is 42.7 Å². The summed E-state index contributed by atoms with van der Waals surface area (Å²) in [4.78, 5) is 2.44. The second-order valence-electron chi connectivity index (χ2n) is 6.97. The lowest BCUT2D eigenvalue weighted by Crippen LogP contribution is -2.65. The molecule has 2 N–H and O–H groups in total. The third kappa shape index (κ3) is 2.29.